The summed E-state index contributed by atoms with van der Waals surface area (Å²) < 4.78 is 10.6. The number of hydrogen-bond acceptors (Lipinski definition) is 7. The second-order valence-electron chi connectivity index (χ2n) is 3.60. The molecule has 5 nitrogen and oxygen atoms in total. The zero-order chi connectivity index (χ0) is 13.5. The van der Waals surface area contributed by atoms with Gasteiger partial charge in [-0.25, -0.2) is 0 Å². The maximum absolute atomic E-state index is 9.54. The molecule has 0 bridgehead atoms. The van der Waals surface area contributed by atoms with Crippen LogP contribution in [0.4, 0.5) is 0 Å². The minimum Gasteiger partial charge on any atom is -0.395 e. The molecule has 110 valence electrons. The average Bonchev–Trinajstić information content (AvgIpc) is 2.37. The molecule has 0 aliphatic rings. The molecule has 1 unspecified atom stereocenters. The lowest BCUT2D eigenvalue weighted by atomic mass is 10.4. The highest BCUT2D eigenvalue weighted by Gasteiger charge is 2.02. The molecule has 18 heavy (non-hydrogen) atoms. The highest BCUT2D eigenvalue weighted by atomic mass is 32.2. The van der Waals surface area contributed by atoms with Crippen LogP contribution in [0.1, 0.15) is 0 Å². The van der Waals surface area contributed by atoms with Gasteiger partial charge < -0.3 is 25.0 Å². The molecule has 0 aromatic carbocycles. The molecule has 7 heteroatoms. The Labute approximate surface area is 119 Å². The summed E-state index contributed by atoms with van der Waals surface area (Å²) in [4.78, 5) is 0. The predicted molar refractivity (Wildman–Crippen MR) is 78.8 cm³/mol. The summed E-state index contributed by atoms with van der Waals surface area (Å²) in [7, 11) is 0. The van der Waals surface area contributed by atoms with Gasteiger partial charge in [-0.2, -0.15) is 24.4 Å². The van der Waals surface area contributed by atoms with E-state index >= 15 is 0 Å². The van der Waals surface area contributed by atoms with Crippen molar-refractivity contribution in [3.8, 4) is 0 Å². The molecule has 0 rings (SSSR count). The second kappa shape index (κ2) is 15.6. The largest absolute Gasteiger partial charge is 0.395 e. The third kappa shape index (κ3) is 14.6. The van der Waals surface area contributed by atoms with Crippen molar-refractivity contribution in [1.29, 1.82) is 0 Å². The van der Waals surface area contributed by atoms with E-state index in [-0.39, 0.29) is 12.7 Å². The number of hydrogen-bond donors (Lipinski definition) is 4. The lowest BCUT2D eigenvalue weighted by Gasteiger charge is -2.11. The molecule has 0 aromatic heterocycles. The van der Waals surface area contributed by atoms with E-state index in [0.29, 0.717) is 45.3 Å². The molecule has 0 aromatic rings. The SMILES string of the molecule is OCCNCC(O)CSCCOCCOCCS. The fraction of sp³-hybridized carbons (Fsp3) is 1.00. The summed E-state index contributed by atoms with van der Waals surface area (Å²) in [6.07, 6.45) is -0.375. The van der Waals surface area contributed by atoms with Crippen LogP contribution >= 0.6 is 24.4 Å². The van der Waals surface area contributed by atoms with Crippen LogP contribution in [0, 0.1) is 0 Å². The van der Waals surface area contributed by atoms with Crippen LogP contribution in [0.15, 0.2) is 0 Å². The maximum atomic E-state index is 9.54. The van der Waals surface area contributed by atoms with E-state index in [9.17, 15) is 5.11 Å². The number of nitrogens with one attached hydrogen (secondary N) is 1. The van der Waals surface area contributed by atoms with Crippen molar-refractivity contribution in [2.24, 2.45) is 0 Å². The second-order valence-corrected chi connectivity index (χ2v) is 5.20. The predicted octanol–water partition coefficient (Wildman–Crippen LogP) is -0.375. The zero-order valence-electron chi connectivity index (χ0n) is 10.7. The molecule has 0 spiro atoms. The van der Waals surface area contributed by atoms with Crippen LogP contribution in [-0.4, -0.2) is 79.7 Å². The molecule has 3 N–H and O–H groups in total. The highest BCUT2D eigenvalue weighted by Crippen LogP contribution is 2.02. The van der Waals surface area contributed by atoms with Gasteiger partial charge in [0.1, 0.15) is 0 Å². The van der Waals surface area contributed by atoms with Crippen molar-refractivity contribution in [3.63, 3.8) is 0 Å². The minimum absolute atomic E-state index is 0.100. The van der Waals surface area contributed by atoms with Gasteiger partial charge in [0, 0.05) is 30.3 Å². The molecule has 1 atom stereocenters. The van der Waals surface area contributed by atoms with Gasteiger partial charge in [-0.3, -0.25) is 0 Å². The summed E-state index contributed by atoms with van der Waals surface area (Å²) in [6, 6.07) is 0. The molecule has 0 radical (unpaired) electrons. The summed E-state index contributed by atoms with van der Waals surface area (Å²) in [6.45, 7) is 3.69. The van der Waals surface area contributed by atoms with Gasteiger partial charge >= 0.3 is 0 Å². The van der Waals surface area contributed by atoms with Crippen molar-refractivity contribution in [3.05, 3.63) is 0 Å². The summed E-state index contributed by atoms with van der Waals surface area (Å²) in [5.74, 6) is 2.28. The van der Waals surface area contributed by atoms with Crippen LogP contribution in [0.25, 0.3) is 0 Å². The number of aliphatic hydroxyl groups excluding tert-OH is 2. The van der Waals surface area contributed by atoms with Gasteiger partial charge in [-0.15, -0.1) is 0 Å². The van der Waals surface area contributed by atoms with Crippen molar-refractivity contribution in [2.75, 3.05) is 63.4 Å². The maximum Gasteiger partial charge on any atom is 0.0754 e. The Hall–Kier alpha value is 0.500. The molecule has 0 aliphatic heterocycles. The number of aliphatic hydroxyl groups is 2. The quantitative estimate of drug-likeness (QED) is 0.259. The minimum atomic E-state index is -0.375. The first-order valence-corrected chi connectivity index (χ1v) is 7.93. The Morgan fingerprint density at radius 3 is 2.56 bits per heavy atom. The number of thioether (sulfide) groups is 1. The van der Waals surface area contributed by atoms with E-state index < -0.39 is 0 Å². The van der Waals surface area contributed by atoms with Crippen molar-refractivity contribution >= 4 is 24.4 Å². The van der Waals surface area contributed by atoms with Crippen LogP contribution in [-0.2, 0) is 9.47 Å². The molecule has 0 saturated heterocycles. The third-order valence-electron chi connectivity index (χ3n) is 1.96. The van der Waals surface area contributed by atoms with E-state index in [1.54, 1.807) is 11.8 Å². The number of thiol groups is 1. The molecule has 0 heterocycles. The molecule has 0 saturated carbocycles. The molecule has 0 aliphatic carbocycles. The van der Waals surface area contributed by atoms with E-state index in [1.165, 1.54) is 0 Å². The first-order chi connectivity index (χ1) is 8.81. The topological polar surface area (TPSA) is 71.0 Å². The fourth-order valence-electron chi connectivity index (χ4n) is 1.13. The summed E-state index contributed by atoms with van der Waals surface area (Å²) in [5, 5.41) is 21.0. The first kappa shape index (κ1) is 18.5. The highest BCUT2D eigenvalue weighted by molar-refractivity contribution is 7.99. The van der Waals surface area contributed by atoms with Crippen LogP contribution in [0.2, 0.25) is 0 Å². The Morgan fingerprint density at radius 1 is 1.17 bits per heavy atom. The molecular weight excluding hydrogens is 274 g/mol. The van der Waals surface area contributed by atoms with Gasteiger partial charge in [-0.05, 0) is 0 Å². The van der Waals surface area contributed by atoms with Crippen LogP contribution < -0.4 is 5.32 Å². The van der Waals surface area contributed by atoms with Crippen molar-refractivity contribution < 1.29 is 19.7 Å². The van der Waals surface area contributed by atoms with Gasteiger partial charge in [0.15, 0.2) is 0 Å². The van der Waals surface area contributed by atoms with Crippen LogP contribution in [0.3, 0.4) is 0 Å². The molecular formula is C11H25NO4S2. The Morgan fingerprint density at radius 2 is 1.89 bits per heavy atom. The van der Waals surface area contributed by atoms with E-state index in [2.05, 4.69) is 17.9 Å². The fourth-order valence-corrected chi connectivity index (χ4v) is 2.05. The normalized spacial score (nSPS) is 12.8. The summed E-state index contributed by atoms with van der Waals surface area (Å²) in [5.41, 5.74) is 0. The van der Waals surface area contributed by atoms with E-state index in [4.69, 9.17) is 14.6 Å². The average molecular weight is 299 g/mol. The first-order valence-electron chi connectivity index (χ1n) is 6.15. The lowest BCUT2D eigenvalue weighted by Crippen LogP contribution is -2.30. The smallest absolute Gasteiger partial charge is 0.0754 e. The van der Waals surface area contributed by atoms with Crippen LogP contribution in [0.5, 0.6) is 0 Å². The number of rotatable bonds is 14. The van der Waals surface area contributed by atoms with Gasteiger partial charge in [-0.1, -0.05) is 0 Å². The standard InChI is InChI=1S/C11H25NO4S2/c13-2-1-12-9-11(14)10-18-8-6-16-4-3-15-5-7-17/h11-14,17H,1-10H2. The lowest BCUT2D eigenvalue weighted by molar-refractivity contribution is 0.0605. The molecule has 0 fully saturated rings. The Bertz CT molecular complexity index is 166. The van der Waals surface area contributed by atoms with Gasteiger partial charge in [0.2, 0.25) is 0 Å². The van der Waals surface area contributed by atoms with E-state index in [1.807, 2.05) is 0 Å². The van der Waals surface area contributed by atoms with Gasteiger partial charge in [0.05, 0.1) is 39.1 Å². The number of ether oxygens (including phenoxy) is 2. The van der Waals surface area contributed by atoms with Gasteiger partial charge in [0.25, 0.3) is 0 Å². The third-order valence-corrected chi connectivity index (χ3v) is 3.22. The van der Waals surface area contributed by atoms with Crippen molar-refractivity contribution in [1.82, 2.24) is 5.32 Å². The Kier molecular flexibility index (Phi) is 16.0. The van der Waals surface area contributed by atoms with E-state index in [0.717, 1.165) is 11.5 Å². The zero-order valence-corrected chi connectivity index (χ0v) is 12.4. The monoisotopic (exact) mass is 299 g/mol. The van der Waals surface area contributed by atoms with Crippen molar-refractivity contribution in [2.45, 2.75) is 6.10 Å². The Balaban J connectivity index is 3.05. The summed E-state index contributed by atoms with van der Waals surface area (Å²) >= 11 is 5.69. The molecule has 0 amide bonds.